The monoisotopic (exact) mass is 344 g/mol. The Morgan fingerprint density at radius 1 is 0.846 bits per heavy atom. The Hall–Kier alpha value is -2.65. The van der Waals surface area contributed by atoms with Crippen LogP contribution in [0.4, 0.5) is 0 Å². The molecule has 0 atom stereocenters. The Kier molecular flexibility index (Phi) is 5.27. The zero-order valence-corrected chi connectivity index (χ0v) is 14.9. The van der Waals surface area contributed by atoms with Crippen LogP contribution in [0.25, 0.3) is 11.1 Å². The van der Waals surface area contributed by atoms with Crippen molar-refractivity contribution in [3.63, 3.8) is 0 Å². The number of benzene rings is 2. The quantitative estimate of drug-likeness (QED) is 0.665. The first-order chi connectivity index (χ1) is 12.9. The Bertz CT molecular complexity index is 812. The number of nitrogens with zero attached hydrogens (tertiary/aromatic N) is 2. The first kappa shape index (κ1) is 16.8. The van der Waals surface area contributed by atoms with Crippen LogP contribution in [-0.4, -0.2) is 29.1 Å². The van der Waals surface area contributed by atoms with E-state index in [0.717, 1.165) is 49.4 Å². The molecule has 0 unspecified atom stereocenters. The molecule has 0 spiro atoms. The number of piperidine rings is 1. The van der Waals surface area contributed by atoms with Crippen LogP contribution >= 0.6 is 0 Å². The molecule has 2 aromatic carbocycles. The average Bonchev–Trinajstić information content (AvgIpc) is 2.71. The van der Waals surface area contributed by atoms with E-state index in [0.29, 0.717) is 0 Å². The molecule has 1 aromatic heterocycles. The molecule has 0 amide bonds. The summed E-state index contributed by atoms with van der Waals surface area (Å²) in [4.78, 5) is 6.63. The molecule has 1 aliphatic heterocycles. The number of likely N-dealkylation sites (tertiary alicyclic amines) is 1. The zero-order chi connectivity index (χ0) is 17.6. The van der Waals surface area contributed by atoms with Crippen molar-refractivity contribution in [2.24, 2.45) is 0 Å². The zero-order valence-electron chi connectivity index (χ0n) is 14.9. The minimum absolute atomic E-state index is 0.282. The van der Waals surface area contributed by atoms with Gasteiger partial charge in [-0.25, -0.2) is 0 Å². The smallest absolute Gasteiger partial charge is 0.127 e. The highest BCUT2D eigenvalue weighted by Gasteiger charge is 2.21. The molecule has 4 rings (SSSR count). The molecule has 132 valence electrons. The van der Waals surface area contributed by atoms with E-state index in [1.54, 1.807) is 0 Å². The molecule has 3 heteroatoms. The molecule has 0 aliphatic carbocycles. The second-order valence-electron chi connectivity index (χ2n) is 6.81. The molecule has 0 radical (unpaired) electrons. The topological polar surface area (TPSA) is 25.4 Å². The summed E-state index contributed by atoms with van der Waals surface area (Å²) in [7, 11) is 0. The summed E-state index contributed by atoms with van der Waals surface area (Å²) < 4.78 is 6.39. The molecule has 1 fully saturated rings. The van der Waals surface area contributed by atoms with Gasteiger partial charge in [-0.2, -0.15) is 0 Å². The van der Waals surface area contributed by atoms with Gasteiger partial charge < -0.3 is 4.74 Å². The number of hydrogen-bond acceptors (Lipinski definition) is 3. The van der Waals surface area contributed by atoms with Gasteiger partial charge in [0.2, 0.25) is 0 Å². The maximum Gasteiger partial charge on any atom is 0.127 e. The van der Waals surface area contributed by atoms with Crippen LogP contribution in [0, 0.1) is 0 Å². The van der Waals surface area contributed by atoms with E-state index >= 15 is 0 Å². The van der Waals surface area contributed by atoms with Gasteiger partial charge in [-0.15, -0.1) is 0 Å². The van der Waals surface area contributed by atoms with Gasteiger partial charge in [0, 0.05) is 37.6 Å². The van der Waals surface area contributed by atoms with Crippen molar-refractivity contribution in [3.8, 4) is 16.9 Å². The third kappa shape index (κ3) is 4.12. The van der Waals surface area contributed by atoms with E-state index in [4.69, 9.17) is 4.74 Å². The number of pyridine rings is 1. The number of para-hydroxylation sites is 1. The normalized spacial score (nSPS) is 15.7. The van der Waals surface area contributed by atoms with Crippen molar-refractivity contribution >= 4 is 0 Å². The summed E-state index contributed by atoms with van der Waals surface area (Å²) in [6.07, 6.45) is 6.07. The van der Waals surface area contributed by atoms with Gasteiger partial charge in [0.25, 0.3) is 0 Å². The Balaban J connectivity index is 1.38. The Morgan fingerprint density at radius 2 is 1.54 bits per heavy atom. The fraction of sp³-hybridized carbons (Fsp3) is 0.261. The molecule has 26 heavy (non-hydrogen) atoms. The molecule has 0 saturated carbocycles. The summed E-state index contributed by atoms with van der Waals surface area (Å²) in [6, 6.07) is 23.1. The SMILES string of the molecule is c1ccc(CN2CCC(Oc3ccccc3-c3ccncc3)CC2)cc1. The number of hydrogen-bond donors (Lipinski definition) is 0. The third-order valence-corrected chi connectivity index (χ3v) is 4.96. The van der Waals surface area contributed by atoms with Gasteiger partial charge >= 0.3 is 0 Å². The van der Waals surface area contributed by atoms with Gasteiger partial charge in [0.15, 0.2) is 0 Å². The van der Waals surface area contributed by atoms with Gasteiger partial charge in [0.05, 0.1) is 0 Å². The second kappa shape index (κ2) is 8.15. The van der Waals surface area contributed by atoms with Crippen LogP contribution in [0.5, 0.6) is 5.75 Å². The van der Waals surface area contributed by atoms with Crippen molar-refractivity contribution in [3.05, 3.63) is 84.7 Å². The minimum atomic E-state index is 0.282. The predicted octanol–water partition coefficient (Wildman–Crippen LogP) is 4.79. The maximum absolute atomic E-state index is 6.39. The Labute approximate surface area is 155 Å². The van der Waals surface area contributed by atoms with Crippen molar-refractivity contribution in [1.82, 2.24) is 9.88 Å². The first-order valence-electron chi connectivity index (χ1n) is 9.31. The Morgan fingerprint density at radius 3 is 2.31 bits per heavy atom. The fourth-order valence-electron chi connectivity index (χ4n) is 3.55. The van der Waals surface area contributed by atoms with Gasteiger partial charge in [-0.05, 0) is 42.2 Å². The van der Waals surface area contributed by atoms with Gasteiger partial charge in [0.1, 0.15) is 11.9 Å². The van der Waals surface area contributed by atoms with E-state index < -0.39 is 0 Å². The molecular formula is C23H24N2O. The molecule has 0 N–H and O–H groups in total. The number of rotatable bonds is 5. The standard InChI is InChI=1S/C23H24N2O/c1-2-6-19(7-3-1)18-25-16-12-21(13-17-25)26-23-9-5-4-8-22(23)20-10-14-24-15-11-20/h1-11,14-15,21H,12-13,16-18H2. The van der Waals surface area contributed by atoms with E-state index in [9.17, 15) is 0 Å². The van der Waals surface area contributed by atoms with Gasteiger partial charge in [-0.1, -0.05) is 48.5 Å². The summed E-state index contributed by atoms with van der Waals surface area (Å²) in [5.74, 6) is 0.972. The van der Waals surface area contributed by atoms with Crippen molar-refractivity contribution in [2.75, 3.05) is 13.1 Å². The van der Waals surface area contributed by atoms with Crippen LogP contribution in [0.15, 0.2) is 79.1 Å². The lowest BCUT2D eigenvalue weighted by Crippen LogP contribution is -2.37. The lowest BCUT2D eigenvalue weighted by Gasteiger charge is -2.32. The van der Waals surface area contributed by atoms with Crippen molar-refractivity contribution < 1.29 is 4.74 Å². The first-order valence-corrected chi connectivity index (χ1v) is 9.31. The summed E-state index contributed by atoms with van der Waals surface area (Å²) in [6.45, 7) is 3.19. The van der Waals surface area contributed by atoms with Gasteiger partial charge in [-0.3, -0.25) is 9.88 Å². The van der Waals surface area contributed by atoms with Crippen molar-refractivity contribution in [2.45, 2.75) is 25.5 Å². The van der Waals surface area contributed by atoms with E-state index in [2.05, 4.69) is 58.4 Å². The molecule has 3 nitrogen and oxygen atoms in total. The van der Waals surface area contributed by atoms with E-state index in [1.165, 1.54) is 5.56 Å². The number of ether oxygens (including phenoxy) is 1. The van der Waals surface area contributed by atoms with Crippen LogP contribution < -0.4 is 4.74 Å². The molecule has 0 bridgehead atoms. The summed E-state index contributed by atoms with van der Waals surface area (Å²) in [5.41, 5.74) is 3.67. The highest BCUT2D eigenvalue weighted by Crippen LogP contribution is 2.31. The van der Waals surface area contributed by atoms with Crippen LogP contribution in [-0.2, 0) is 6.54 Å². The van der Waals surface area contributed by atoms with E-state index in [-0.39, 0.29) is 6.10 Å². The van der Waals surface area contributed by atoms with Crippen LogP contribution in [0.3, 0.4) is 0 Å². The maximum atomic E-state index is 6.39. The molecule has 1 aliphatic rings. The second-order valence-corrected chi connectivity index (χ2v) is 6.81. The lowest BCUT2D eigenvalue weighted by atomic mass is 10.0. The molecule has 2 heterocycles. The number of aromatic nitrogens is 1. The molecular weight excluding hydrogens is 320 g/mol. The third-order valence-electron chi connectivity index (χ3n) is 4.96. The highest BCUT2D eigenvalue weighted by atomic mass is 16.5. The van der Waals surface area contributed by atoms with E-state index in [1.807, 2.05) is 30.6 Å². The minimum Gasteiger partial charge on any atom is -0.490 e. The molecule has 3 aromatic rings. The predicted molar refractivity (Wildman–Crippen MR) is 105 cm³/mol. The summed E-state index contributed by atoms with van der Waals surface area (Å²) in [5, 5.41) is 0. The fourth-order valence-corrected chi connectivity index (χ4v) is 3.55. The lowest BCUT2D eigenvalue weighted by molar-refractivity contribution is 0.0972. The molecule has 1 saturated heterocycles. The van der Waals surface area contributed by atoms with Crippen molar-refractivity contribution in [1.29, 1.82) is 0 Å². The highest BCUT2D eigenvalue weighted by molar-refractivity contribution is 5.69. The van der Waals surface area contributed by atoms with Crippen LogP contribution in [0.2, 0.25) is 0 Å². The largest absolute Gasteiger partial charge is 0.490 e. The average molecular weight is 344 g/mol. The van der Waals surface area contributed by atoms with Crippen LogP contribution in [0.1, 0.15) is 18.4 Å². The summed E-state index contributed by atoms with van der Waals surface area (Å²) >= 11 is 0.